The van der Waals surface area contributed by atoms with Crippen LogP contribution in [-0.4, -0.2) is 55.4 Å². The second-order valence-electron chi connectivity index (χ2n) is 5.02. The van der Waals surface area contributed by atoms with Crippen LogP contribution in [-0.2, 0) is 4.74 Å². The second-order valence-corrected chi connectivity index (χ2v) is 5.43. The van der Waals surface area contributed by atoms with Gasteiger partial charge in [-0.3, -0.25) is 0 Å². The topological polar surface area (TPSA) is 36.5 Å². The van der Waals surface area contributed by atoms with Crippen LogP contribution in [0, 0.1) is 0 Å². The van der Waals surface area contributed by atoms with Crippen LogP contribution < -0.4 is 10.6 Å². The third-order valence-electron chi connectivity index (χ3n) is 3.34. The lowest BCUT2D eigenvalue weighted by molar-refractivity contribution is 0.145. The Hall–Kier alpha value is -0.390. The lowest BCUT2D eigenvalue weighted by Crippen LogP contribution is -2.41. The summed E-state index contributed by atoms with van der Waals surface area (Å²) in [5.74, 6) is 0. The average molecular weight is 304 g/mol. The first kappa shape index (κ1) is 19.6. The van der Waals surface area contributed by atoms with Gasteiger partial charge in [0.25, 0.3) is 0 Å². The van der Waals surface area contributed by atoms with Gasteiger partial charge in [0.1, 0.15) is 0 Å². The summed E-state index contributed by atoms with van der Waals surface area (Å²) < 4.78 is 5.28. The zero-order valence-corrected chi connectivity index (χ0v) is 14.5. The third kappa shape index (κ3) is 11.4. The highest BCUT2D eigenvalue weighted by atomic mass is 32.1. The molecule has 120 valence electrons. The van der Waals surface area contributed by atoms with Crippen molar-refractivity contribution in [1.82, 2.24) is 15.5 Å². The van der Waals surface area contributed by atoms with Crippen molar-refractivity contribution < 1.29 is 4.74 Å². The molecular formula is C15H33N3OS. The zero-order chi connectivity index (χ0) is 15.2. The molecule has 0 aliphatic carbocycles. The highest BCUT2D eigenvalue weighted by Gasteiger charge is 2.05. The Labute approximate surface area is 130 Å². The van der Waals surface area contributed by atoms with Gasteiger partial charge in [-0.2, -0.15) is 0 Å². The minimum atomic E-state index is 0.428. The smallest absolute Gasteiger partial charge is 0.166 e. The van der Waals surface area contributed by atoms with Crippen molar-refractivity contribution in [3.8, 4) is 0 Å². The standard InChI is InChI=1S/C15H33N3OS/c1-5-18(6-2)12-8-10-14(4)17-15(20)16-11-9-13-19-7-3/h14H,5-13H2,1-4H3,(H2,16,17,20). The first-order chi connectivity index (χ1) is 9.63. The number of rotatable bonds is 12. The minimum absolute atomic E-state index is 0.428. The van der Waals surface area contributed by atoms with Crippen LogP contribution in [0.15, 0.2) is 0 Å². The fourth-order valence-electron chi connectivity index (χ4n) is 2.03. The Balaban J connectivity index is 3.54. The molecular weight excluding hydrogens is 270 g/mol. The molecule has 0 spiro atoms. The summed E-state index contributed by atoms with van der Waals surface area (Å²) in [6, 6.07) is 0.428. The van der Waals surface area contributed by atoms with Gasteiger partial charge in [0.05, 0.1) is 0 Å². The van der Waals surface area contributed by atoms with Crippen molar-refractivity contribution in [2.75, 3.05) is 39.4 Å². The van der Waals surface area contributed by atoms with Gasteiger partial charge in [0, 0.05) is 25.8 Å². The van der Waals surface area contributed by atoms with Crippen molar-refractivity contribution in [3.05, 3.63) is 0 Å². The second kappa shape index (κ2) is 13.6. The van der Waals surface area contributed by atoms with Crippen molar-refractivity contribution in [2.24, 2.45) is 0 Å². The normalized spacial score (nSPS) is 12.4. The van der Waals surface area contributed by atoms with Gasteiger partial charge in [0.2, 0.25) is 0 Å². The molecule has 0 radical (unpaired) electrons. The van der Waals surface area contributed by atoms with E-state index in [9.17, 15) is 0 Å². The van der Waals surface area contributed by atoms with E-state index in [-0.39, 0.29) is 0 Å². The summed E-state index contributed by atoms with van der Waals surface area (Å²) in [6.07, 6.45) is 3.35. The predicted octanol–water partition coefficient (Wildman–Crippen LogP) is 2.39. The van der Waals surface area contributed by atoms with Gasteiger partial charge in [-0.25, -0.2) is 0 Å². The first-order valence-electron chi connectivity index (χ1n) is 7.98. The molecule has 0 amide bonds. The molecule has 0 aliphatic heterocycles. The molecule has 2 N–H and O–H groups in total. The molecule has 0 aromatic carbocycles. The summed E-state index contributed by atoms with van der Waals surface area (Å²) in [5, 5.41) is 7.33. The molecule has 0 aromatic rings. The van der Waals surface area contributed by atoms with Crippen molar-refractivity contribution in [2.45, 2.75) is 53.0 Å². The van der Waals surface area contributed by atoms with Gasteiger partial charge in [0.15, 0.2) is 5.11 Å². The summed E-state index contributed by atoms with van der Waals surface area (Å²) in [4.78, 5) is 2.46. The molecule has 0 aromatic heterocycles. The Kier molecular flexibility index (Phi) is 13.3. The van der Waals surface area contributed by atoms with E-state index in [1.54, 1.807) is 0 Å². The molecule has 0 heterocycles. The van der Waals surface area contributed by atoms with Gasteiger partial charge in [-0.1, -0.05) is 13.8 Å². The van der Waals surface area contributed by atoms with E-state index in [1.165, 1.54) is 13.0 Å². The van der Waals surface area contributed by atoms with Gasteiger partial charge in [-0.05, 0) is 65.0 Å². The predicted molar refractivity (Wildman–Crippen MR) is 91.3 cm³/mol. The van der Waals surface area contributed by atoms with Crippen LogP contribution >= 0.6 is 12.2 Å². The molecule has 0 fully saturated rings. The summed E-state index contributed by atoms with van der Waals surface area (Å²) in [5.41, 5.74) is 0. The molecule has 5 heteroatoms. The van der Waals surface area contributed by atoms with Crippen LogP contribution in [0.3, 0.4) is 0 Å². The molecule has 0 saturated heterocycles. The summed E-state index contributed by atoms with van der Waals surface area (Å²) >= 11 is 5.28. The fraction of sp³-hybridized carbons (Fsp3) is 0.933. The Bertz CT molecular complexity index is 235. The van der Waals surface area contributed by atoms with E-state index in [4.69, 9.17) is 17.0 Å². The summed E-state index contributed by atoms with van der Waals surface area (Å²) in [7, 11) is 0. The first-order valence-corrected chi connectivity index (χ1v) is 8.39. The Morgan fingerprint density at radius 1 is 1.20 bits per heavy atom. The van der Waals surface area contributed by atoms with Crippen LogP contribution in [0.25, 0.3) is 0 Å². The maximum atomic E-state index is 5.28. The monoisotopic (exact) mass is 303 g/mol. The molecule has 1 unspecified atom stereocenters. The van der Waals surface area contributed by atoms with E-state index in [0.29, 0.717) is 6.04 Å². The maximum Gasteiger partial charge on any atom is 0.166 e. The van der Waals surface area contributed by atoms with Gasteiger partial charge in [-0.15, -0.1) is 0 Å². The number of nitrogens with zero attached hydrogens (tertiary/aromatic N) is 1. The Morgan fingerprint density at radius 2 is 1.90 bits per heavy atom. The van der Waals surface area contributed by atoms with Crippen LogP contribution in [0.1, 0.15) is 47.0 Å². The lowest BCUT2D eigenvalue weighted by Gasteiger charge is -2.20. The van der Waals surface area contributed by atoms with E-state index < -0.39 is 0 Å². The number of hydrogen-bond donors (Lipinski definition) is 2. The molecule has 4 nitrogen and oxygen atoms in total. The fourth-order valence-corrected chi connectivity index (χ4v) is 2.33. The van der Waals surface area contributed by atoms with Crippen molar-refractivity contribution in [1.29, 1.82) is 0 Å². The third-order valence-corrected chi connectivity index (χ3v) is 3.60. The van der Waals surface area contributed by atoms with Crippen LogP contribution in [0.5, 0.6) is 0 Å². The maximum absolute atomic E-state index is 5.28. The average Bonchev–Trinajstić information content (AvgIpc) is 2.43. The quantitative estimate of drug-likeness (QED) is 0.428. The van der Waals surface area contributed by atoms with Crippen LogP contribution in [0.2, 0.25) is 0 Å². The van der Waals surface area contributed by atoms with Crippen LogP contribution in [0.4, 0.5) is 0 Å². The van der Waals surface area contributed by atoms with E-state index in [1.807, 2.05) is 6.92 Å². The highest BCUT2D eigenvalue weighted by Crippen LogP contribution is 1.99. The molecule has 1 atom stereocenters. The minimum Gasteiger partial charge on any atom is -0.382 e. The Morgan fingerprint density at radius 3 is 2.50 bits per heavy atom. The highest BCUT2D eigenvalue weighted by molar-refractivity contribution is 7.80. The van der Waals surface area contributed by atoms with Gasteiger partial charge >= 0.3 is 0 Å². The largest absolute Gasteiger partial charge is 0.382 e. The van der Waals surface area contributed by atoms with E-state index in [0.717, 1.165) is 50.8 Å². The zero-order valence-electron chi connectivity index (χ0n) is 13.7. The number of nitrogens with one attached hydrogen (secondary N) is 2. The molecule has 0 aliphatic rings. The van der Waals surface area contributed by atoms with Crippen molar-refractivity contribution >= 4 is 17.3 Å². The summed E-state index contributed by atoms with van der Waals surface area (Å²) in [6.45, 7) is 14.5. The lowest BCUT2D eigenvalue weighted by atomic mass is 10.2. The van der Waals surface area contributed by atoms with Gasteiger partial charge < -0.3 is 20.3 Å². The van der Waals surface area contributed by atoms with E-state index in [2.05, 4.69) is 36.3 Å². The number of hydrogen-bond acceptors (Lipinski definition) is 3. The molecule has 0 bridgehead atoms. The number of ether oxygens (including phenoxy) is 1. The molecule has 0 saturated carbocycles. The number of thiocarbonyl (C=S) groups is 1. The SMILES string of the molecule is CCOCCCNC(=S)NC(C)CCCN(CC)CC. The molecule has 0 rings (SSSR count). The van der Waals surface area contributed by atoms with E-state index >= 15 is 0 Å². The van der Waals surface area contributed by atoms with Crippen molar-refractivity contribution in [3.63, 3.8) is 0 Å². The molecule has 20 heavy (non-hydrogen) atoms.